The number of hydrogen-bond donors (Lipinski definition) is 0. The molecule has 0 atom stereocenters. The number of nitrogens with zero attached hydrogens (tertiary/aromatic N) is 4. The molecule has 3 aromatic rings. The lowest BCUT2D eigenvalue weighted by atomic mass is 10.1. The highest BCUT2D eigenvalue weighted by molar-refractivity contribution is 7.16. The third kappa shape index (κ3) is 3.85. The fraction of sp³-hybridized carbons (Fsp3) is 0.368. The topological polar surface area (TPSA) is 78.5 Å². The van der Waals surface area contributed by atoms with Crippen LogP contribution in [0.4, 0.5) is 0 Å². The monoisotopic (exact) mass is 386 g/mol. The zero-order valence-electron chi connectivity index (χ0n) is 16.1. The molecule has 0 aliphatic heterocycles. The molecule has 1 amide bonds. The van der Waals surface area contributed by atoms with Crippen molar-refractivity contribution >= 4 is 33.4 Å². The van der Waals surface area contributed by atoms with Crippen LogP contribution in [0.15, 0.2) is 23.2 Å². The number of aryl methyl sites for hydroxylation is 4. The van der Waals surface area contributed by atoms with Crippen molar-refractivity contribution in [1.29, 1.82) is 0 Å². The average molecular weight is 386 g/mol. The van der Waals surface area contributed by atoms with E-state index in [4.69, 9.17) is 4.74 Å². The Morgan fingerprint density at radius 1 is 1.19 bits per heavy atom. The summed E-state index contributed by atoms with van der Waals surface area (Å²) in [5.41, 5.74) is 4.26. The van der Waals surface area contributed by atoms with Crippen LogP contribution in [0.2, 0.25) is 0 Å². The van der Waals surface area contributed by atoms with Crippen LogP contribution in [-0.2, 0) is 23.1 Å². The van der Waals surface area contributed by atoms with E-state index in [0.29, 0.717) is 11.4 Å². The van der Waals surface area contributed by atoms with E-state index < -0.39 is 5.91 Å². The second-order valence-corrected chi connectivity index (χ2v) is 7.40. The van der Waals surface area contributed by atoms with Gasteiger partial charge in [0, 0.05) is 12.7 Å². The van der Waals surface area contributed by atoms with E-state index >= 15 is 0 Å². The molecule has 2 aromatic heterocycles. The number of esters is 1. The molecule has 7 nitrogen and oxygen atoms in total. The molecule has 0 fully saturated rings. The molecule has 0 saturated heterocycles. The molecule has 0 spiro atoms. The van der Waals surface area contributed by atoms with E-state index in [1.807, 2.05) is 32.9 Å². The largest absolute Gasteiger partial charge is 0.465 e. The molecule has 27 heavy (non-hydrogen) atoms. The molecule has 2 heterocycles. The maximum Gasteiger partial charge on any atom is 0.326 e. The van der Waals surface area contributed by atoms with Gasteiger partial charge >= 0.3 is 5.97 Å². The number of carbonyl (C=O) groups excluding carboxylic acids is 2. The Bertz CT molecular complexity index is 1080. The van der Waals surface area contributed by atoms with Crippen LogP contribution < -0.4 is 4.80 Å². The summed E-state index contributed by atoms with van der Waals surface area (Å²) in [6.45, 7) is 7.99. The summed E-state index contributed by atoms with van der Waals surface area (Å²) in [4.78, 5) is 29.4. The van der Waals surface area contributed by atoms with Gasteiger partial charge in [-0.05, 0) is 57.0 Å². The van der Waals surface area contributed by atoms with E-state index in [-0.39, 0.29) is 18.2 Å². The van der Waals surface area contributed by atoms with Gasteiger partial charge < -0.3 is 9.30 Å². The summed E-state index contributed by atoms with van der Waals surface area (Å²) in [6, 6.07) is 5.75. The van der Waals surface area contributed by atoms with Crippen molar-refractivity contribution < 1.29 is 14.3 Å². The zero-order chi connectivity index (χ0) is 19.7. The summed E-state index contributed by atoms with van der Waals surface area (Å²) in [5, 5.41) is 4.19. The lowest BCUT2D eigenvalue weighted by Gasteiger charge is -2.06. The van der Waals surface area contributed by atoms with Gasteiger partial charge in [0.25, 0.3) is 5.91 Å². The smallest absolute Gasteiger partial charge is 0.326 e. The Morgan fingerprint density at radius 2 is 1.89 bits per heavy atom. The van der Waals surface area contributed by atoms with E-state index in [1.165, 1.54) is 11.3 Å². The number of fused-ring (bicyclic) bond motifs is 1. The van der Waals surface area contributed by atoms with Gasteiger partial charge in [-0.25, -0.2) is 0 Å². The van der Waals surface area contributed by atoms with E-state index in [1.54, 1.807) is 29.3 Å². The third-order valence-electron chi connectivity index (χ3n) is 4.42. The lowest BCUT2D eigenvalue weighted by Crippen LogP contribution is -2.23. The van der Waals surface area contributed by atoms with E-state index in [9.17, 15) is 9.59 Å². The Labute approximate surface area is 160 Å². The second kappa shape index (κ2) is 7.48. The molecule has 0 radical (unpaired) electrons. The van der Waals surface area contributed by atoms with Crippen molar-refractivity contribution in [2.45, 2.75) is 34.2 Å². The molecule has 0 N–H and O–H groups in total. The Kier molecular flexibility index (Phi) is 5.27. The molecule has 0 saturated carbocycles. The highest BCUT2D eigenvalue weighted by Crippen LogP contribution is 2.22. The van der Waals surface area contributed by atoms with Crippen molar-refractivity contribution in [1.82, 2.24) is 14.3 Å². The molecule has 0 aliphatic rings. The first kappa shape index (κ1) is 19.0. The van der Waals surface area contributed by atoms with Gasteiger partial charge in [-0.3, -0.25) is 14.3 Å². The Morgan fingerprint density at radius 3 is 2.52 bits per heavy atom. The predicted molar refractivity (Wildman–Crippen MR) is 104 cm³/mol. The highest BCUT2D eigenvalue weighted by Gasteiger charge is 2.15. The first-order chi connectivity index (χ1) is 12.8. The lowest BCUT2D eigenvalue weighted by molar-refractivity contribution is -0.143. The van der Waals surface area contributed by atoms with Gasteiger partial charge in [0.05, 0.1) is 16.8 Å². The van der Waals surface area contributed by atoms with Crippen molar-refractivity contribution in [3.8, 4) is 0 Å². The molecule has 0 aliphatic carbocycles. The van der Waals surface area contributed by atoms with Crippen LogP contribution in [0.3, 0.4) is 0 Å². The SMILES string of the molecule is CCOC(=O)Cn1c(=NC(=O)c2cc(C)n(C)n2)sc2cc(C)c(C)cc21. The molecule has 142 valence electrons. The van der Waals surface area contributed by atoms with Gasteiger partial charge in [-0.15, -0.1) is 0 Å². The summed E-state index contributed by atoms with van der Waals surface area (Å²) < 4.78 is 9.41. The van der Waals surface area contributed by atoms with E-state index in [0.717, 1.165) is 27.0 Å². The maximum absolute atomic E-state index is 12.6. The fourth-order valence-corrected chi connectivity index (χ4v) is 3.81. The Hall–Kier alpha value is -2.74. The van der Waals surface area contributed by atoms with Crippen molar-refractivity contribution in [2.75, 3.05) is 6.61 Å². The number of carbonyl (C=O) groups is 2. The number of ether oxygens (including phenoxy) is 1. The molecular weight excluding hydrogens is 364 g/mol. The highest BCUT2D eigenvalue weighted by atomic mass is 32.1. The van der Waals surface area contributed by atoms with Gasteiger partial charge in [-0.2, -0.15) is 10.1 Å². The maximum atomic E-state index is 12.6. The van der Waals surface area contributed by atoms with Crippen LogP contribution in [0.5, 0.6) is 0 Å². The first-order valence-electron chi connectivity index (χ1n) is 8.66. The summed E-state index contributed by atoms with van der Waals surface area (Å²) in [6.07, 6.45) is 0. The normalized spacial score (nSPS) is 12.0. The predicted octanol–water partition coefficient (Wildman–Crippen LogP) is 2.67. The number of amides is 1. The quantitative estimate of drug-likeness (QED) is 0.646. The zero-order valence-corrected chi connectivity index (χ0v) is 16.9. The fourth-order valence-electron chi connectivity index (χ4n) is 2.70. The minimum Gasteiger partial charge on any atom is -0.465 e. The van der Waals surface area contributed by atoms with Crippen LogP contribution >= 0.6 is 11.3 Å². The average Bonchev–Trinajstić information content (AvgIpc) is 3.09. The molecule has 8 heteroatoms. The summed E-state index contributed by atoms with van der Waals surface area (Å²) in [7, 11) is 1.78. The molecule has 0 bridgehead atoms. The van der Waals surface area contributed by atoms with Crippen LogP contribution in [0.1, 0.15) is 34.2 Å². The molecule has 0 unspecified atom stereocenters. The van der Waals surface area contributed by atoms with Gasteiger partial charge in [0.1, 0.15) is 6.54 Å². The number of rotatable bonds is 4. The second-order valence-electron chi connectivity index (χ2n) is 6.39. The van der Waals surface area contributed by atoms with Crippen LogP contribution in [0, 0.1) is 20.8 Å². The van der Waals surface area contributed by atoms with Gasteiger partial charge in [0.15, 0.2) is 10.5 Å². The first-order valence-corrected chi connectivity index (χ1v) is 9.47. The molecule has 3 rings (SSSR count). The number of aromatic nitrogens is 3. The third-order valence-corrected chi connectivity index (χ3v) is 5.46. The number of hydrogen-bond acceptors (Lipinski definition) is 5. The standard InChI is InChI=1S/C19H22N4O3S/c1-6-26-17(24)10-23-15-7-11(2)12(3)8-16(15)27-19(23)20-18(25)14-9-13(4)22(5)21-14/h7-9H,6,10H2,1-5H3. The van der Waals surface area contributed by atoms with Gasteiger partial charge in [-0.1, -0.05) is 11.3 Å². The van der Waals surface area contributed by atoms with Crippen LogP contribution in [0.25, 0.3) is 10.2 Å². The number of thiazole rings is 1. The number of benzene rings is 1. The minimum absolute atomic E-state index is 0.00367. The molecular formula is C19H22N4O3S. The minimum atomic E-state index is -0.434. The Balaban J connectivity index is 2.15. The summed E-state index contributed by atoms with van der Waals surface area (Å²) in [5.74, 6) is -0.797. The summed E-state index contributed by atoms with van der Waals surface area (Å²) >= 11 is 1.37. The van der Waals surface area contributed by atoms with Crippen molar-refractivity contribution in [2.24, 2.45) is 12.0 Å². The van der Waals surface area contributed by atoms with Crippen LogP contribution in [-0.4, -0.2) is 32.8 Å². The van der Waals surface area contributed by atoms with E-state index in [2.05, 4.69) is 10.1 Å². The molecule has 1 aromatic carbocycles. The van der Waals surface area contributed by atoms with Crippen molar-refractivity contribution in [3.63, 3.8) is 0 Å². The van der Waals surface area contributed by atoms with Crippen molar-refractivity contribution in [3.05, 3.63) is 45.5 Å². The van der Waals surface area contributed by atoms with Gasteiger partial charge in [0.2, 0.25) is 0 Å².